The molecule has 100 valence electrons. The summed E-state index contributed by atoms with van der Waals surface area (Å²) >= 11 is 0. The average Bonchev–Trinajstić information content (AvgIpc) is 2.46. The fourth-order valence-electron chi connectivity index (χ4n) is 2.27. The van der Waals surface area contributed by atoms with Gasteiger partial charge in [0.1, 0.15) is 0 Å². The smallest absolute Gasteiger partial charge is 0.0620 e. The fraction of sp³-hybridized carbons (Fsp3) is 0.600. The highest BCUT2D eigenvalue weighted by molar-refractivity contribution is 5.46. The minimum atomic E-state index is 0.510. The number of hydrogen-bond acceptors (Lipinski definition) is 3. The third kappa shape index (κ3) is 3.72. The van der Waals surface area contributed by atoms with Crippen LogP contribution in [0.25, 0.3) is 0 Å². The first-order chi connectivity index (χ1) is 8.79. The monoisotopic (exact) mass is 248 g/mol. The standard InChI is InChI=1S/C15H24N2O/c1-3-13-4-6-15(7-5-13)17(2)10-8-14-12-18-11-9-16-14/h4-7,14,16H,3,8-12H2,1-2H3. The number of ether oxygens (including phenoxy) is 1. The van der Waals surface area contributed by atoms with Crippen LogP contribution < -0.4 is 10.2 Å². The summed E-state index contributed by atoms with van der Waals surface area (Å²) in [5.41, 5.74) is 2.69. The summed E-state index contributed by atoms with van der Waals surface area (Å²) in [5, 5.41) is 3.49. The van der Waals surface area contributed by atoms with Gasteiger partial charge in [0.15, 0.2) is 0 Å². The summed E-state index contributed by atoms with van der Waals surface area (Å²) in [6.07, 6.45) is 2.24. The van der Waals surface area contributed by atoms with Crippen molar-refractivity contribution in [2.45, 2.75) is 25.8 Å². The van der Waals surface area contributed by atoms with Crippen molar-refractivity contribution in [2.24, 2.45) is 0 Å². The molecule has 1 aromatic rings. The summed E-state index contributed by atoms with van der Waals surface area (Å²) in [7, 11) is 2.16. The highest BCUT2D eigenvalue weighted by Gasteiger charge is 2.13. The van der Waals surface area contributed by atoms with Crippen LogP contribution in [0.4, 0.5) is 5.69 Å². The van der Waals surface area contributed by atoms with E-state index in [4.69, 9.17) is 4.74 Å². The van der Waals surface area contributed by atoms with Crippen molar-refractivity contribution >= 4 is 5.69 Å². The Morgan fingerprint density at radius 1 is 1.33 bits per heavy atom. The Kier molecular flexibility index (Phi) is 5.02. The van der Waals surface area contributed by atoms with Gasteiger partial charge in [0, 0.05) is 31.9 Å². The van der Waals surface area contributed by atoms with E-state index in [-0.39, 0.29) is 0 Å². The van der Waals surface area contributed by atoms with Crippen molar-refractivity contribution in [1.29, 1.82) is 0 Å². The molecule has 1 N–H and O–H groups in total. The van der Waals surface area contributed by atoms with E-state index in [2.05, 4.69) is 48.5 Å². The summed E-state index contributed by atoms with van der Waals surface area (Å²) in [6, 6.07) is 9.37. The second-order valence-corrected chi connectivity index (χ2v) is 4.96. The first-order valence-electron chi connectivity index (χ1n) is 6.91. The maximum absolute atomic E-state index is 5.47. The molecule has 0 bridgehead atoms. The Bertz CT molecular complexity index is 344. The first kappa shape index (κ1) is 13.4. The Balaban J connectivity index is 1.80. The molecule has 0 amide bonds. The molecule has 1 aliphatic rings. The molecule has 3 heteroatoms. The highest BCUT2D eigenvalue weighted by Crippen LogP contribution is 2.15. The zero-order chi connectivity index (χ0) is 12.8. The van der Waals surface area contributed by atoms with Gasteiger partial charge in [-0.05, 0) is 30.5 Å². The lowest BCUT2D eigenvalue weighted by Gasteiger charge is -2.27. The number of benzene rings is 1. The van der Waals surface area contributed by atoms with Crippen LogP contribution in [0.1, 0.15) is 18.9 Å². The lowest BCUT2D eigenvalue weighted by molar-refractivity contribution is 0.0749. The number of rotatable bonds is 5. The molecule has 1 heterocycles. The van der Waals surface area contributed by atoms with Gasteiger partial charge in [0.25, 0.3) is 0 Å². The van der Waals surface area contributed by atoms with Gasteiger partial charge in [-0.3, -0.25) is 0 Å². The van der Waals surface area contributed by atoms with Gasteiger partial charge in [0.2, 0.25) is 0 Å². The van der Waals surface area contributed by atoms with Crippen LogP contribution in [0.2, 0.25) is 0 Å². The first-order valence-corrected chi connectivity index (χ1v) is 6.91. The van der Waals surface area contributed by atoms with Crippen LogP contribution in [-0.2, 0) is 11.2 Å². The van der Waals surface area contributed by atoms with Crippen molar-refractivity contribution in [2.75, 3.05) is 38.3 Å². The molecular formula is C15H24N2O. The lowest BCUT2D eigenvalue weighted by atomic mass is 10.1. The van der Waals surface area contributed by atoms with Crippen LogP contribution in [0.3, 0.4) is 0 Å². The summed E-state index contributed by atoms with van der Waals surface area (Å²) in [5.74, 6) is 0. The van der Waals surface area contributed by atoms with Crippen LogP contribution in [0.5, 0.6) is 0 Å². The Morgan fingerprint density at radius 2 is 2.11 bits per heavy atom. The van der Waals surface area contributed by atoms with Crippen molar-refractivity contribution in [1.82, 2.24) is 5.32 Å². The minimum Gasteiger partial charge on any atom is -0.379 e. The lowest BCUT2D eigenvalue weighted by Crippen LogP contribution is -2.42. The number of morpholine rings is 1. The predicted molar refractivity (Wildman–Crippen MR) is 76.3 cm³/mol. The topological polar surface area (TPSA) is 24.5 Å². The number of nitrogens with one attached hydrogen (secondary N) is 1. The van der Waals surface area contributed by atoms with E-state index < -0.39 is 0 Å². The highest BCUT2D eigenvalue weighted by atomic mass is 16.5. The maximum Gasteiger partial charge on any atom is 0.0620 e. The van der Waals surface area contributed by atoms with Gasteiger partial charge in [-0.1, -0.05) is 19.1 Å². The molecule has 2 rings (SSSR count). The van der Waals surface area contributed by atoms with E-state index in [1.807, 2.05) is 0 Å². The molecule has 1 fully saturated rings. The van der Waals surface area contributed by atoms with Crippen molar-refractivity contribution < 1.29 is 4.74 Å². The van der Waals surface area contributed by atoms with Gasteiger partial charge in [0.05, 0.1) is 13.2 Å². The zero-order valence-electron chi connectivity index (χ0n) is 11.5. The van der Waals surface area contributed by atoms with E-state index in [9.17, 15) is 0 Å². The van der Waals surface area contributed by atoms with E-state index in [1.165, 1.54) is 11.3 Å². The second kappa shape index (κ2) is 6.76. The van der Waals surface area contributed by atoms with E-state index in [1.54, 1.807) is 0 Å². The molecule has 0 saturated carbocycles. The largest absolute Gasteiger partial charge is 0.379 e. The molecule has 1 saturated heterocycles. The Labute approximate surface area is 110 Å². The molecule has 1 aromatic carbocycles. The van der Waals surface area contributed by atoms with Gasteiger partial charge >= 0.3 is 0 Å². The van der Waals surface area contributed by atoms with Crippen molar-refractivity contribution in [3.05, 3.63) is 29.8 Å². The zero-order valence-corrected chi connectivity index (χ0v) is 11.5. The third-order valence-corrected chi connectivity index (χ3v) is 3.60. The van der Waals surface area contributed by atoms with Crippen LogP contribution >= 0.6 is 0 Å². The molecule has 3 nitrogen and oxygen atoms in total. The SMILES string of the molecule is CCc1ccc(N(C)CCC2COCCN2)cc1. The molecule has 18 heavy (non-hydrogen) atoms. The molecule has 0 radical (unpaired) electrons. The van der Waals surface area contributed by atoms with E-state index >= 15 is 0 Å². The van der Waals surface area contributed by atoms with E-state index in [0.717, 1.165) is 39.1 Å². The molecule has 1 aliphatic heterocycles. The van der Waals surface area contributed by atoms with Crippen molar-refractivity contribution in [3.63, 3.8) is 0 Å². The normalized spacial score (nSPS) is 19.8. The van der Waals surface area contributed by atoms with Crippen molar-refractivity contribution in [3.8, 4) is 0 Å². The van der Waals surface area contributed by atoms with Crippen LogP contribution in [0, 0.1) is 0 Å². The predicted octanol–water partition coefficient (Wildman–Crippen LogP) is 2.06. The van der Waals surface area contributed by atoms with Gasteiger partial charge in [-0.2, -0.15) is 0 Å². The molecule has 0 aromatic heterocycles. The minimum absolute atomic E-state index is 0.510. The summed E-state index contributed by atoms with van der Waals surface area (Å²) in [6.45, 7) is 5.94. The Morgan fingerprint density at radius 3 is 2.72 bits per heavy atom. The second-order valence-electron chi connectivity index (χ2n) is 4.96. The summed E-state index contributed by atoms with van der Waals surface area (Å²) < 4.78 is 5.47. The molecule has 0 spiro atoms. The molecular weight excluding hydrogens is 224 g/mol. The fourth-order valence-corrected chi connectivity index (χ4v) is 2.27. The number of anilines is 1. The molecule has 0 aliphatic carbocycles. The molecule has 1 unspecified atom stereocenters. The van der Waals surface area contributed by atoms with Gasteiger partial charge < -0.3 is 15.0 Å². The number of hydrogen-bond donors (Lipinski definition) is 1. The average molecular weight is 248 g/mol. The van der Waals surface area contributed by atoms with E-state index in [0.29, 0.717) is 6.04 Å². The van der Waals surface area contributed by atoms with Crippen LogP contribution in [0.15, 0.2) is 24.3 Å². The maximum atomic E-state index is 5.47. The van der Waals surface area contributed by atoms with Crippen LogP contribution in [-0.4, -0.2) is 39.4 Å². The quantitative estimate of drug-likeness (QED) is 0.863. The summed E-state index contributed by atoms with van der Waals surface area (Å²) in [4.78, 5) is 2.32. The molecule has 1 atom stereocenters. The van der Waals surface area contributed by atoms with Gasteiger partial charge in [-0.15, -0.1) is 0 Å². The van der Waals surface area contributed by atoms with Gasteiger partial charge in [-0.25, -0.2) is 0 Å². The Hall–Kier alpha value is -1.06. The number of nitrogens with zero attached hydrogens (tertiary/aromatic N) is 1. The number of aryl methyl sites for hydroxylation is 1. The third-order valence-electron chi connectivity index (χ3n) is 3.60.